The minimum Gasteiger partial charge on any atom is -0.444 e. The van der Waals surface area contributed by atoms with Gasteiger partial charge >= 0.3 is 6.09 Å². The van der Waals surface area contributed by atoms with Crippen LogP contribution < -0.4 is 0 Å². The van der Waals surface area contributed by atoms with Gasteiger partial charge in [0.25, 0.3) is 0 Å². The van der Waals surface area contributed by atoms with Crippen molar-refractivity contribution in [3.8, 4) is 0 Å². The van der Waals surface area contributed by atoms with E-state index in [0.29, 0.717) is 0 Å². The van der Waals surface area contributed by atoms with E-state index in [4.69, 9.17) is 9.47 Å². The number of rotatable bonds is 2. The molecule has 1 rings (SSSR count). The van der Waals surface area contributed by atoms with Gasteiger partial charge in [0.05, 0.1) is 18.8 Å². The van der Waals surface area contributed by atoms with E-state index in [1.807, 2.05) is 27.7 Å². The first-order valence-corrected chi connectivity index (χ1v) is 6.55. The van der Waals surface area contributed by atoms with E-state index < -0.39 is 29.6 Å². The molecule has 0 aromatic carbocycles. The first-order chi connectivity index (χ1) is 8.58. The molecule has 2 unspecified atom stereocenters. The zero-order valence-electron chi connectivity index (χ0n) is 12.6. The van der Waals surface area contributed by atoms with Gasteiger partial charge in [-0.25, -0.2) is 4.79 Å². The Morgan fingerprint density at radius 3 is 2.58 bits per heavy atom. The third kappa shape index (κ3) is 3.94. The summed E-state index contributed by atoms with van der Waals surface area (Å²) in [6, 6.07) is -0.430. The molecule has 1 aliphatic rings. The quantitative estimate of drug-likeness (QED) is 0.783. The van der Waals surface area contributed by atoms with Gasteiger partial charge in [-0.05, 0) is 41.5 Å². The molecule has 0 bridgehead atoms. The van der Waals surface area contributed by atoms with Gasteiger partial charge in [0.15, 0.2) is 0 Å². The summed E-state index contributed by atoms with van der Waals surface area (Å²) in [6.45, 7) is 11.1. The number of aliphatic hydroxyl groups excluding tert-OH is 1. The summed E-state index contributed by atoms with van der Waals surface area (Å²) in [6.07, 6.45) is 2.17. The fraction of sp³-hybridized carbons (Fsp3) is 0.786. The van der Waals surface area contributed by atoms with Gasteiger partial charge in [0, 0.05) is 0 Å². The highest BCUT2D eigenvalue weighted by atomic mass is 16.6. The van der Waals surface area contributed by atoms with Gasteiger partial charge in [0.1, 0.15) is 11.3 Å². The number of hydrogen-bond acceptors (Lipinski definition) is 4. The van der Waals surface area contributed by atoms with E-state index in [1.165, 1.54) is 4.90 Å². The highest BCUT2D eigenvalue weighted by Gasteiger charge is 2.47. The molecular formula is C14H25NO4. The smallest absolute Gasteiger partial charge is 0.413 e. The van der Waals surface area contributed by atoms with Crippen molar-refractivity contribution in [2.45, 2.75) is 65.0 Å². The molecule has 1 amide bonds. The molecule has 0 spiro atoms. The molecule has 0 saturated carbocycles. The predicted molar refractivity (Wildman–Crippen MR) is 72.7 cm³/mol. The van der Waals surface area contributed by atoms with Crippen molar-refractivity contribution < 1.29 is 19.4 Å². The summed E-state index contributed by atoms with van der Waals surface area (Å²) in [5, 5.41) is 10.1. The Bertz CT molecular complexity index is 357. The van der Waals surface area contributed by atoms with Crippen molar-refractivity contribution in [3.63, 3.8) is 0 Å². The average molecular weight is 271 g/mol. The number of amides is 1. The van der Waals surface area contributed by atoms with Crippen molar-refractivity contribution in [1.29, 1.82) is 0 Å². The third-order valence-electron chi connectivity index (χ3n) is 2.89. The van der Waals surface area contributed by atoms with Crippen LogP contribution in [0.1, 0.15) is 41.5 Å². The molecule has 0 aromatic heterocycles. The van der Waals surface area contributed by atoms with Crippen LogP contribution in [0.3, 0.4) is 0 Å². The number of aliphatic hydroxyl groups is 1. The first-order valence-electron chi connectivity index (χ1n) is 6.55. The number of carbonyl (C=O) groups is 1. The summed E-state index contributed by atoms with van der Waals surface area (Å²) in [7, 11) is 0. The molecule has 1 fully saturated rings. The lowest BCUT2D eigenvalue weighted by atomic mass is 10.1. The highest BCUT2D eigenvalue weighted by molar-refractivity contribution is 5.70. The molecule has 2 atom stereocenters. The second-order valence-electron chi connectivity index (χ2n) is 6.19. The largest absolute Gasteiger partial charge is 0.444 e. The number of allylic oxidation sites excluding steroid dienone is 1. The fourth-order valence-electron chi connectivity index (χ4n) is 2.08. The minimum absolute atomic E-state index is 0.289. The van der Waals surface area contributed by atoms with Crippen LogP contribution >= 0.6 is 0 Å². The van der Waals surface area contributed by atoms with Crippen molar-refractivity contribution >= 4 is 6.09 Å². The van der Waals surface area contributed by atoms with Crippen LogP contribution in [-0.2, 0) is 9.47 Å². The molecule has 19 heavy (non-hydrogen) atoms. The highest BCUT2D eigenvalue weighted by Crippen LogP contribution is 2.31. The van der Waals surface area contributed by atoms with Crippen LogP contribution in [0, 0.1) is 0 Å². The molecule has 5 heteroatoms. The summed E-state index contributed by atoms with van der Waals surface area (Å²) < 4.78 is 11.0. The van der Waals surface area contributed by atoms with E-state index in [9.17, 15) is 9.90 Å². The first kappa shape index (κ1) is 16.0. The average Bonchev–Trinajstić information content (AvgIpc) is 2.51. The summed E-state index contributed by atoms with van der Waals surface area (Å²) in [5.74, 6) is 0. The molecule has 1 aliphatic heterocycles. The Morgan fingerprint density at radius 2 is 2.11 bits per heavy atom. The van der Waals surface area contributed by atoms with Crippen molar-refractivity contribution in [2.24, 2.45) is 0 Å². The lowest BCUT2D eigenvalue weighted by molar-refractivity contribution is -0.0660. The maximum atomic E-state index is 12.3. The van der Waals surface area contributed by atoms with Gasteiger partial charge in [-0.3, -0.25) is 4.90 Å². The van der Waals surface area contributed by atoms with Crippen LogP contribution in [-0.4, -0.2) is 46.2 Å². The van der Waals surface area contributed by atoms with Crippen LogP contribution in [0.15, 0.2) is 12.2 Å². The van der Waals surface area contributed by atoms with Crippen LogP contribution in [0.5, 0.6) is 0 Å². The van der Waals surface area contributed by atoms with Gasteiger partial charge in [-0.1, -0.05) is 12.2 Å². The van der Waals surface area contributed by atoms with E-state index >= 15 is 0 Å². The number of ether oxygens (including phenoxy) is 2. The second kappa shape index (κ2) is 5.51. The van der Waals surface area contributed by atoms with Gasteiger partial charge in [-0.15, -0.1) is 0 Å². The molecule has 0 aromatic rings. The molecule has 110 valence electrons. The van der Waals surface area contributed by atoms with Crippen molar-refractivity contribution in [2.75, 3.05) is 6.61 Å². The third-order valence-corrected chi connectivity index (χ3v) is 2.89. The molecule has 0 radical (unpaired) electrons. The maximum absolute atomic E-state index is 12.3. The lowest BCUT2D eigenvalue weighted by Crippen LogP contribution is -2.53. The fourth-order valence-corrected chi connectivity index (χ4v) is 2.08. The number of nitrogens with zero attached hydrogens (tertiary/aromatic N) is 1. The van der Waals surface area contributed by atoms with Crippen molar-refractivity contribution in [3.05, 3.63) is 12.2 Å². The van der Waals surface area contributed by atoms with E-state index in [2.05, 4.69) is 0 Å². The van der Waals surface area contributed by atoms with Gasteiger partial charge in [0.2, 0.25) is 0 Å². The normalized spacial score (nSPS) is 24.8. The van der Waals surface area contributed by atoms with E-state index in [1.54, 1.807) is 26.0 Å². The molecule has 1 heterocycles. The zero-order chi connectivity index (χ0) is 14.8. The van der Waals surface area contributed by atoms with Crippen LogP contribution in [0.4, 0.5) is 4.79 Å². The number of hydrogen-bond donors (Lipinski definition) is 1. The molecule has 1 N–H and O–H groups in total. The Kier molecular flexibility index (Phi) is 4.63. The SMILES string of the molecule is C/C=C/C(O)C1COC(C)(C)N1C(=O)OC(C)(C)C. The van der Waals surface area contributed by atoms with E-state index in [0.717, 1.165) is 0 Å². The summed E-state index contributed by atoms with van der Waals surface area (Å²) >= 11 is 0. The molecule has 5 nitrogen and oxygen atoms in total. The Balaban J connectivity index is 2.93. The number of carbonyl (C=O) groups excluding carboxylic acids is 1. The van der Waals surface area contributed by atoms with Gasteiger partial charge < -0.3 is 14.6 Å². The Hall–Kier alpha value is -1.07. The minimum atomic E-state index is -0.782. The standard InChI is InChI=1S/C14H25NO4/c1-7-8-11(16)10-9-18-14(5,6)15(10)12(17)19-13(2,3)4/h7-8,10-11,16H,9H2,1-6H3/b8-7+. The van der Waals surface area contributed by atoms with Gasteiger partial charge in [-0.2, -0.15) is 0 Å². The summed E-state index contributed by atoms with van der Waals surface area (Å²) in [5.41, 5.74) is -1.36. The molecule has 1 saturated heterocycles. The lowest BCUT2D eigenvalue weighted by Gasteiger charge is -2.36. The predicted octanol–water partition coefficient (Wildman–Crippen LogP) is 2.30. The zero-order valence-corrected chi connectivity index (χ0v) is 12.6. The second-order valence-corrected chi connectivity index (χ2v) is 6.19. The Morgan fingerprint density at radius 1 is 1.53 bits per heavy atom. The van der Waals surface area contributed by atoms with Crippen molar-refractivity contribution in [1.82, 2.24) is 4.90 Å². The Labute approximate surface area is 115 Å². The molecule has 0 aliphatic carbocycles. The molecular weight excluding hydrogens is 246 g/mol. The monoisotopic (exact) mass is 271 g/mol. The maximum Gasteiger partial charge on any atom is 0.413 e. The van der Waals surface area contributed by atoms with E-state index in [-0.39, 0.29) is 6.61 Å². The summed E-state index contributed by atoms with van der Waals surface area (Å²) in [4.78, 5) is 13.8. The van der Waals surface area contributed by atoms with Crippen LogP contribution in [0.25, 0.3) is 0 Å². The topological polar surface area (TPSA) is 59.0 Å². The van der Waals surface area contributed by atoms with Crippen LogP contribution in [0.2, 0.25) is 0 Å².